The Balaban J connectivity index is 1.25. The van der Waals surface area contributed by atoms with Crippen molar-refractivity contribution in [2.45, 2.75) is 51.1 Å². The van der Waals surface area contributed by atoms with Crippen LogP contribution in [0, 0.1) is 5.92 Å². The summed E-state index contributed by atoms with van der Waals surface area (Å²) in [5.74, 6) is 0.955. The molecule has 1 amide bonds. The van der Waals surface area contributed by atoms with E-state index in [-0.39, 0.29) is 0 Å². The van der Waals surface area contributed by atoms with Crippen molar-refractivity contribution in [2.75, 3.05) is 40.3 Å². The summed E-state index contributed by atoms with van der Waals surface area (Å²) >= 11 is 0. The molecule has 0 N–H and O–H groups in total. The van der Waals surface area contributed by atoms with Crippen molar-refractivity contribution >= 4 is 5.91 Å². The summed E-state index contributed by atoms with van der Waals surface area (Å²) in [4.78, 5) is 19.7. The number of nitrogens with zero attached hydrogens (tertiary/aromatic N) is 5. The summed E-state index contributed by atoms with van der Waals surface area (Å²) in [6.07, 6.45) is 10.2. The smallest absolute Gasteiger partial charge is 0.222 e. The molecule has 1 aromatic carbocycles. The van der Waals surface area contributed by atoms with Crippen LogP contribution in [0.2, 0.25) is 0 Å². The van der Waals surface area contributed by atoms with Gasteiger partial charge in [-0.1, -0.05) is 12.1 Å². The molecule has 31 heavy (non-hydrogen) atoms. The van der Waals surface area contributed by atoms with Gasteiger partial charge >= 0.3 is 0 Å². The number of carbonyl (C=O) groups is 1. The first-order valence-electron chi connectivity index (χ1n) is 11.8. The number of piperidine rings is 2. The number of benzene rings is 1. The van der Waals surface area contributed by atoms with Gasteiger partial charge in [0.1, 0.15) is 0 Å². The minimum atomic E-state index is 0.332. The van der Waals surface area contributed by atoms with Gasteiger partial charge in [0, 0.05) is 45.0 Å². The fourth-order valence-electron chi connectivity index (χ4n) is 5.10. The average molecular weight is 424 g/mol. The lowest BCUT2D eigenvalue weighted by Crippen LogP contribution is -2.44. The summed E-state index contributed by atoms with van der Waals surface area (Å²) in [5.41, 5.74) is 2.44. The molecule has 0 spiro atoms. The number of rotatable bonds is 7. The van der Waals surface area contributed by atoms with E-state index in [0.717, 1.165) is 57.7 Å². The van der Waals surface area contributed by atoms with Gasteiger partial charge < -0.3 is 9.80 Å². The van der Waals surface area contributed by atoms with Crippen LogP contribution in [0.1, 0.15) is 44.1 Å². The number of hydrogen-bond acceptors (Lipinski definition) is 4. The molecule has 2 fully saturated rings. The van der Waals surface area contributed by atoms with E-state index in [0.29, 0.717) is 24.3 Å². The van der Waals surface area contributed by atoms with Crippen LogP contribution < -0.4 is 0 Å². The average Bonchev–Trinajstić information content (AvgIpc) is 3.33. The quantitative estimate of drug-likeness (QED) is 0.685. The van der Waals surface area contributed by atoms with Gasteiger partial charge in [0.15, 0.2) is 0 Å². The van der Waals surface area contributed by atoms with Gasteiger partial charge in [-0.2, -0.15) is 5.10 Å². The fraction of sp³-hybridized carbons (Fsp3) is 0.600. The van der Waals surface area contributed by atoms with Gasteiger partial charge in [0.2, 0.25) is 5.91 Å². The van der Waals surface area contributed by atoms with Crippen molar-refractivity contribution in [3.05, 3.63) is 48.3 Å². The molecule has 4 rings (SSSR count). The lowest BCUT2D eigenvalue weighted by atomic mass is 9.92. The van der Waals surface area contributed by atoms with E-state index in [1.54, 1.807) is 0 Å². The molecule has 6 nitrogen and oxygen atoms in total. The van der Waals surface area contributed by atoms with Crippen molar-refractivity contribution in [3.8, 4) is 5.69 Å². The van der Waals surface area contributed by atoms with E-state index >= 15 is 0 Å². The van der Waals surface area contributed by atoms with Crippen LogP contribution in [0.5, 0.6) is 0 Å². The third kappa shape index (κ3) is 5.95. The molecule has 168 valence electrons. The summed E-state index contributed by atoms with van der Waals surface area (Å²) in [5, 5.41) is 4.34. The summed E-state index contributed by atoms with van der Waals surface area (Å²) in [6.45, 7) is 5.40. The van der Waals surface area contributed by atoms with Crippen molar-refractivity contribution in [1.29, 1.82) is 0 Å². The van der Waals surface area contributed by atoms with Crippen LogP contribution in [-0.2, 0) is 11.3 Å². The largest absolute Gasteiger partial charge is 0.343 e. The molecule has 6 heteroatoms. The minimum absolute atomic E-state index is 0.332. The molecule has 1 atom stereocenters. The van der Waals surface area contributed by atoms with Crippen molar-refractivity contribution in [1.82, 2.24) is 24.5 Å². The standard InChI is InChI=1S/C25H37N5O/c1-27-16-11-23(12-17-27)28(2)25(31)10-9-21-7-4-14-29(19-21)20-22-6-3-8-24(18-22)30-15-5-13-26-30/h3,5-6,8,13,15,18,21,23H,4,7,9-12,14,16-17,19-20H2,1-2H3. The van der Waals surface area contributed by atoms with Crippen molar-refractivity contribution in [3.63, 3.8) is 0 Å². The molecule has 0 radical (unpaired) electrons. The molecule has 1 unspecified atom stereocenters. The molecule has 0 aliphatic carbocycles. The van der Waals surface area contributed by atoms with Crippen LogP contribution in [0.4, 0.5) is 0 Å². The Kier molecular flexibility index (Phi) is 7.41. The van der Waals surface area contributed by atoms with E-state index in [4.69, 9.17) is 0 Å². The summed E-state index contributed by atoms with van der Waals surface area (Å²) < 4.78 is 1.91. The third-order valence-electron chi connectivity index (χ3n) is 7.08. The third-order valence-corrected chi connectivity index (χ3v) is 7.08. The highest BCUT2D eigenvalue weighted by molar-refractivity contribution is 5.76. The predicted octanol–water partition coefficient (Wildman–Crippen LogP) is 3.42. The van der Waals surface area contributed by atoms with E-state index in [2.05, 4.69) is 46.2 Å². The maximum absolute atomic E-state index is 12.8. The number of carbonyl (C=O) groups excluding carboxylic acids is 1. The van der Waals surface area contributed by atoms with Gasteiger partial charge in [0.05, 0.1) is 5.69 Å². The van der Waals surface area contributed by atoms with Crippen LogP contribution in [-0.4, -0.2) is 76.7 Å². The Morgan fingerprint density at radius 1 is 1.16 bits per heavy atom. The number of amides is 1. The first kappa shape index (κ1) is 22.0. The zero-order chi connectivity index (χ0) is 21.6. The maximum atomic E-state index is 12.8. The molecule has 2 aliphatic heterocycles. The Bertz CT molecular complexity index is 828. The maximum Gasteiger partial charge on any atom is 0.222 e. The molecule has 2 saturated heterocycles. The summed E-state index contributed by atoms with van der Waals surface area (Å²) in [6, 6.07) is 11.0. The predicted molar refractivity (Wildman–Crippen MR) is 124 cm³/mol. The van der Waals surface area contributed by atoms with E-state index in [1.807, 2.05) is 35.1 Å². The summed E-state index contributed by atoms with van der Waals surface area (Å²) in [7, 11) is 4.18. The second-order valence-corrected chi connectivity index (χ2v) is 9.44. The van der Waals surface area contributed by atoms with E-state index in [1.165, 1.54) is 18.4 Å². The second-order valence-electron chi connectivity index (χ2n) is 9.44. The minimum Gasteiger partial charge on any atom is -0.343 e. The molecule has 0 bridgehead atoms. The highest BCUT2D eigenvalue weighted by Crippen LogP contribution is 2.24. The van der Waals surface area contributed by atoms with Crippen LogP contribution in [0.25, 0.3) is 5.69 Å². The first-order valence-corrected chi connectivity index (χ1v) is 11.8. The molecule has 2 aromatic rings. The van der Waals surface area contributed by atoms with Crippen LogP contribution in [0.15, 0.2) is 42.7 Å². The number of aromatic nitrogens is 2. The number of hydrogen-bond donors (Lipinski definition) is 0. The Morgan fingerprint density at radius 2 is 2.00 bits per heavy atom. The lowest BCUT2D eigenvalue weighted by Gasteiger charge is -2.36. The van der Waals surface area contributed by atoms with E-state index < -0.39 is 0 Å². The highest BCUT2D eigenvalue weighted by atomic mass is 16.2. The Hall–Kier alpha value is -2.18. The molecular formula is C25H37N5O. The normalized spacial score (nSPS) is 21.3. The molecule has 2 aliphatic rings. The van der Waals surface area contributed by atoms with Gasteiger partial charge in [0.25, 0.3) is 0 Å². The molecule has 1 aromatic heterocycles. The van der Waals surface area contributed by atoms with Crippen molar-refractivity contribution < 1.29 is 4.79 Å². The Labute approximate surface area is 186 Å². The van der Waals surface area contributed by atoms with Gasteiger partial charge in [-0.25, -0.2) is 4.68 Å². The second kappa shape index (κ2) is 10.4. The fourth-order valence-corrected chi connectivity index (χ4v) is 5.10. The highest BCUT2D eigenvalue weighted by Gasteiger charge is 2.25. The van der Waals surface area contributed by atoms with Crippen molar-refractivity contribution in [2.24, 2.45) is 5.92 Å². The lowest BCUT2D eigenvalue weighted by molar-refractivity contribution is -0.133. The topological polar surface area (TPSA) is 44.6 Å². The molecule has 3 heterocycles. The van der Waals surface area contributed by atoms with Crippen LogP contribution >= 0.6 is 0 Å². The SMILES string of the molecule is CN1CCC(N(C)C(=O)CCC2CCCN(Cc3cccc(-n4cccn4)c3)C2)CC1. The number of likely N-dealkylation sites (tertiary alicyclic amines) is 2. The zero-order valence-electron chi connectivity index (χ0n) is 19.1. The van der Waals surface area contributed by atoms with E-state index in [9.17, 15) is 4.79 Å². The van der Waals surface area contributed by atoms with Gasteiger partial charge in [-0.3, -0.25) is 9.69 Å². The Morgan fingerprint density at radius 3 is 2.77 bits per heavy atom. The molecule has 0 saturated carbocycles. The monoisotopic (exact) mass is 423 g/mol. The van der Waals surface area contributed by atoms with Gasteiger partial charge in [-0.15, -0.1) is 0 Å². The van der Waals surface area contributed by atoms with Gasteiger partial charge in [-0.05, 0) is 88.5 Å². The molecular weight excluding hydrogens is 386 g/mol. The van der Waals surface area contributed by atoms with Crippen LogP contribution in [0.3, 0.4) is 0 Å². The first-order chi connectivity index (χ1) is 15.1. The zero-order valence-corrected chi connectivity index (χ0v) is 19.1.